The fourth-order valence-corrected chi connectivity index (χ4v) is 1.34. The summed E-state index contributed by atoms with van der Waals surface area (Å²) in [6, 6.07) is 0. The first-order valence-corrected chi connectivity index (χ1v) is 4.78. The average Bonchev–Trinajstić information content (AvgIpc) is 2.20. The molecule has 0 bridgehead atoms. The first-order chi connectivity index (χ1) is 7.16. The molecule has 0 spiro atoms. The third kappa shape index (κ3) is 2.90. The minimum absolute atomic E-state index is 0.0751. The van der Waals surface area contributed by atoms with E-state index in [1.807, 2.05) is 0 Å². The molecule has 0 amide bonds. The van der Waals surface area contributed by atoms with Gasteiger partial charge in [-0.2, -0.15) is 0 Å². The maximum absolute atomic E-state index is 5.78. The van der Waals surface area contributed by atoms with Crippen LogP contribution in [0.15, 0.2) is 17.7 Å². The molecule has 0 radical (unpaired) electrons. The number of hydrogen-bond acceptors (Lipinski definition) is 5. The predicted octanol–water partition coefficient (Wildman–Crippen LogP) is 1.43. The normalized spacial score (nSPS) is 13.3. The van der Waals surface area contributed by atoms with Crippen LogP contribution in [0.5, 0.6) is 0 Å². The fourth-order valence-electron chi connectivity index (χ4n) is 1.34. The summed E-state index contributed by atoms with van der Waals surface area (Å²) in [5, 5.41) is 3.77. The Morgan fingerprint density at radius 1 is 1.53 bits per heavy atom. The first kappa shape index (κ1) is 11.4. The second-order valence-electron chi connectivity index (χ2n) is 3.57. The summed E-state index contributed by atoms with van der Waals surface area (Å²) in [6.45, 7) is 4.16. The number of oxime groups is 1. The van der Waals surface area contributed by atoms with Crippen LogP contribution in [-0.2, 0) is 4.84 Å². The number of anilines is 1. The van der Waals surface area contributed by atoms with Crippen molar-refractivity contribution in [3.8, 4) is 0 Å². The Morgan fingerprint density at radius 3 is 2.80 bits per heavy atom. The standard InChI is InChI=1S/C10H16N4O/c1-7(2)8(5-14-15-3)9-4-12-6-13-10(9)11/h4-8H,1-3H3,(H2,11,12,13)/b14-5+. The van der Waals surface area contributed by atoms with Crippen LogP contribution in [0.3, 0.4) is 0 Å². The Hall–Kier alpha value is -1.65. The molecule has 1 aromatic rings. The molecule has 1 atom stereocenters. The van der Waals surface area contributed by atoms with Crippen molar-refractivity contribution < 1.29 is 4.84 Å². The zero-order valence-corrected chi connectivity index (χ0v) is 9.21. The number of rotatable bonds is 4. The third-order valence-corrected chi connectivity index (χ3v) is 2.18. The zero-order valence-electron chi connectivity index (χ0n) is 9.21. The SMILES string of the molecule is CO/N=C/C(c1cncnc1N)C(C)C. The van der Waals surface area contributed by atoms with Gasteiger partial charge in [-0.1, -0.05) is 19.0 Å². The van der Waals surface area contributed by atoms with E-state index in [1.54, 1.807) is 12.4 Å². The Bertz CT molecular complexity index is 338. The molecule has 5 heteroatoms. The Labute approximate surface area is 89.4 Å². The van der Waals surface area contributed by atoms with E-state index in [0.717, 1.165) is 5.56 Å². The molecule has 1 rings (SSSR count). The molecule has 0 aromatic carbocycles. The van der Waals surface area contributed by atoms with E-state index in [1.165, 1.54) is 13.4 Å². The number of nitrogens with two attached hydrogens (primary N) is 1. The maximum atomic E-state index is 5.78. The van der Waals surface area contributed by atoms with Crippen LogP contribution in [0.1, 0.15) is 25.3 Å². The van der Waals surface area contributed by atoms with Crippen LogP contribution in [0.4, 0.5) is 5.82 Å². The number of hydrogen-bond donors (Lipinski definition) is 1. The highest BCUT2D eigenvalue weighted by atomic mass is 16.6. The van der Waals surface area contributed by atoms with Gasteiger partial charge in [0.15, 0.2) is 0 Å². The van der Waals surface area contributed by atoms with E-state index in [-0.39, 0.29) is 5.92 Å². The van der Waals surface area contributed by atoms with Crippen molar-refractivity contribution >= 4 is 12.0 Å². The molecule has 2 N–H and O–H groups in total. The molecule has 0 saturated heterocycles. The maximum Gasteiger partial charge on any atom is 0.130 e. The molecule has 0 aliphatic heterocycles. The Balaban J connectivity index is 2.99. The van der Waals surface area contributed by atoms with Gasteiger partial charge in [0.25, 0.3) is 0 Å². The topological polar surface area (TPSA) is 73.4 Å². The van der Waals surface area contributed by atoms with Crippen LogP contribution in [0.25, 0.3) is 0 Å². The smallest absolute Gasteiger partial charge is 0.130 e. The lowest BCUT2D eigenvalue weighted by molar-refractivity contribution is 0.213. The second-order valence-corrected chi connectivity index (χ2v) is 3.57. The molecule has 0 fully saturated rings. The highest BCUT2D eigenvalue weighted by Gasteiger charge is 2.17. The molecule has 15 heavy (non-hydrogen) atoms. The molecule has 0 aliphatic carbocycles. The summed E-state index contributed by atoms with van der Waals surface area (Å²) in [5.74, 6) is 0.926. The molecule has 1 heterocycles. The Kier molecular flexibility index (Phi) is 4.03. The zero-order chi connectivity index (χ0) is 11.3. The highest BCUT2D eigenvalue weighted by Crippen LogP contribution is 2.25. The van der Waals surface area contributed by atoms with Gasteiger partial charge in [-0.3, -0.25) is 0 Å². The summed E-state index contributed by atoms with van der Waals surface area (Å²) in [4.78, 5) is 12.6. The van der Waals surface area contributed by atoms with Crippen molar-refractivity contribution in [1.82, 2.24) is 9.97 Å². The van der Waals surface area contributed by atoms with Crippen LogP contribution in [0, 0.1) is 5.92 Å². The molecule has 82 valence electrons. The largest absolute Gasteiger partial charge is 0.399 e. The van der Waals surface area contributed by atoms with Gasteiger partial charge in [0, 0.05) is 17.7 Å². The summed E-state index contributed by atoms with van der Waals surface area (Å²) in [5.41, 5.74) is 6.66. The molecular formula is C10H16N4O. The van der Waals surface area contributed by atoms with Gasteiger partial charge in [-0.05, 0) is 5.92 Å². The lowest BCUT2D eigenvalue weighted by atomic mass is 9.91. The predicted molar refractivity (Wildman–Crippen MR) is 59.5 cm³/mol. The second kappa shape index (κ2) is 5.29. The molecule has 0 aliphatic rings. The van der Waals surface area contributed by atoms with Gasteiger partial charge < -0.3 is 10.6 Å². The molecule has 5 nitrogen and oxygen atoms in total. The molecule has 0 saturated carbocycles. The summed E-state index contributed by atoms with van der Waals surface area (Å²) < 4.78 is 0. The highest BCUT2D eigenvalue weighted by molar-refractivity contribution is 5.70. The van der Waals surface area contributed by atoms with Gasteiger partial charge in [0.2, 0.25) is 0 Å². The minimum Gasteiger partial charge on any atom is -0.399 e. The third-order valence-electron chi connectivity index (χ3n) is 2.18. The quantitative estimate of drug-likeness (QED) is 0.600. The van der Waals surface area contributed by atoms with E-state index in [2.05, 4.69) is 33.8 Å². The van der Waals surface area contributed by atoms with E-state index >= 15 is 0 Å². The van der Waals surface area contributed by atoms with E-state index in [9.17, 15) is 0 Å². The lowest BCUT2D eigenvalue weighted by Crippen LogP contribution is -2.12. The number of nitrogens with zero attached hydrogens (tertiary/aromatic N) is 3. The van der Waals surface area contributed by atoms with Gasteiger partial charge in [0.05, 0.1) is 6.21 Å². The van der Waals surface area contributed by atoms with Crippen molar-refractivity contribution in [2.45, 2.75) is 19.8 Å². The number of aromatic nitrogens is 2. The van der Waals surface area contributed by atoms with E-state index in [4.69, 9.17) is 5.73 Å². The first-order valence-electron chi connectivity index (χ1n) is 4.78. The van der Waals surface area contributed by atoms with Gasteiger partial charge in [-0.25, -0.2) is 9.97 Å². The van der Waals surface area contributed by atoms with Crippen molar-refractivity contribution in [1.29, 1.82) is 0 Å². The van der Waals surface area contributed by atoms with Crippen LogP contribution < -0.4 is 5.73 Å². The average molecular weight is 208 g/mol. The van der Waals surface area contributed by atoms with Crippen LogP contribution >= 0.6 is 0 Å². The minimum atomic E-state index is 0.0751. The van der Waals surface area contributed by atoms with Gasteiger partial charge in [-0.15, -0.1) is 0 Å². The monoisotopic (exact) mass is 208 g/mol. The van der Waals surface area contributed by atoms with Crippen molar-refractivity contribution in [3.63, 3.8) is 0 Å². The van der Waals surface area contributed by atoms with Crippen LogP contribution in [-0.4, -0.2) is 23.3 Å². The van der Waals surface area contributed by atoms with E-state index < -0.39 is 0 Å². The van der Waals surface area contributed by atoms with Crippen molar-refractivity contribution in [2.24, 2.45) is 11.1 Å². The van der Waals surface area contributed by atoms with Gasteiger partial charge >= 0.3 is 0 Å². The van der Waals surface area contributed by atoms with Gasteiger partial charge in [0.1, 0.15) is 19.3 Å². The summed E-state index contributed by atoms with van der Waals surface area (Å²) in [6.07, 6.45) is 4.87. The summed E-state index contributed by atoms with van der Waals surface area (Å²) in [7, 11) is 1.51. The lowest BCUT2D eigenvalue weighted by Gasteiger charge is -2.16. The van der Waals surface area contributed by atoms with E-state index in [0.29, 0.717) is 11.7 Å². The fraction of sp³-hybridized carbons (Fsp3) is 0.500. The molecule has 1 unspecified atom stereocenters. The number of nitrogen functional groups attached to an aromatic ring is 1. The van der Waals surface area contributed by atoms with Crippen molar-refractivity contribution in [2.75, 3.05) is 12.8 Å². The molecule has 1 aromatic heterocycles. The molecular weight excluding hydrogens is 192 g/mol. The Morgan fingerprint density at radius 2 is 2.27 bits per heavy atom. The van der Waals surface area contributed by atoms with Crippen LogP contribution in [0.2, 0.25) is 0 Å². The summed E-state index contributed by atoms with van der Waals surface area (Å²) >= 11 is 0. The van der Waals surface area contributed by atoms with Crippen molar-refractivity contribution in [3.05, 3.63) is 18.1 Å².